The highest BCUT2D eigenvalue weighted by molar-refractivity contribution is 6.30. The molecule has 0 bridgehead atoms. The Labute approximate surface area is 123 Å². The van der Waals surface area contributed by atoms with Crippen molar-refractivity contribution in [2.45, 2.75) is 43.6 Å². The smallest absolute Gasteiger partial charge is 0.126 e. The first-order chi connectivity index (χ1) is 9.63. The molecule has 1 aromatic carbocycles. The van der Waals surface area contributed by atoms with E-state index in [1.54, 1.807) is 12.1 Å². The Morgan fingerprint density at radius 1 is 1.20 bits per heavy atom. The summed E-state index contributed by atoms with van der Waals surface area (Å²) in [5.74, 6) is 0.700. The minimum absolute atomic E-state index is 0.0938. The number of hydrogen-bond acceptors (Lipinski definition) is 4. The van der Waals surface area contributed by atoms with Crippen LogP contribution in [-0.4, -0.2) is 52.6 Å². The summed E-state index contributed by atoms with van der Waals surface area (Å²) in [5.41, 5.74) is 0. The second-order valence-electron chi connectivity index (χ2n) is 5.71. The van der Waals surface area contributed by atoms with Crippen molar-refractivity contribution in [2.75, 3.05) is 13.1 Å². The van der Waals surface area contributed by atoms with E-state index in [1.165, 1.54) is 0 Å². The zero-order chi connectivity index (χ0) is 14.1. The maximum Gasteiger partial charge on any atom is 0.126 e. The van der Waals surface area contributed by atoms with E-state index in [1.807, 2.05) is 12.1 Å². The topological polar surface area (TPSA) is 52.9 Å². The zero-order valence-electron chi connectivity index (χ0n) is 11.3. The van der Waals surface area contributed by atoms with Gasteiger partial charge in [0.15, 0.2) is 0 Å². The van der Waals surface area contributed by atoms with E-state index < -0.39 is 6.10 Å². The van der Waals surface area contributed by atoms with E-state index in [-0.39, 0.29) is 18.2 Å². The van der Waals surface area contributed by atoms with Crippen LogP contribution in [0.25, 0.3) is 0 Å². The van der Waals surface area contributed by atoms with Gasteiger partial charge in [0.1, 0.15) is 18.0 Å². The van der Waals surface area contributed by atoms with Crippen LogP contribution in [0.1, 0.15) is 19.3 Å². The number of likely N-dealkylation sites (tertiary alicyclic amines) is 1. The summed E-state index contributed by atoms with van der Waals surface area (Å²) in [7, 11) is 0. The van der Waals surface area contributed by atoms with Gasteiger partial charge in [0.05, 0.1) is 6.10 Å². The summed E-state index contributed by atoms with van der Waals surface area (Å²) >= 11 is 5.95. The van der Waals surface area contributed by atoms with Crippen molar-refractivity contribution in [3.8, 4) is 5.75 Å². The number of β-amino-alcohol motifs (C(OH)–C–C–N with tert-alkyl or cyclic N) is 1. The number of benzene rings is 1. The van der Waals surface area contributed by atoms with Gasteiger partial charge in [-0.15, -0.1) is 0 Å². The van der Waals surface area contributed by atoms with Gasteiger partial charge in [-0.25, -0.2) is 0 Å². The summed E-state index contributed by atoms with van der Waals surface area (Å²) in [4.78, 5) is 2.14. The summed E-state index contributed by atoms with van der Waals surface area (Å²) in [6, 6.07) is 7.36. The lowest BCUT2D eigenvalue weighted by Gasteiger charge is -2.47. The molecule has 1 heterocycles. The van der Waals surface area contributed by atoms with E-state index in [0.717, 1.165) is 19.3 Å². The predicted octanol–water partition coefficient (Wildman–Crippen LogP) is 1.68. The molecule has 1 aliphatic carbocycles. The molecule has 5 heteroatoms. The SMILES string of the molecule is OC1CN([C@H]2CCC[C@@H](Oc3cccc(Cl)c3)[C@@H]2O)C1. The lowest BCUT2D eigenvalue weighted by Crippen LogP contribution is -2.62. The van der Waals surface area contributed by atoms with Crippen molar-refractivity contribution < 1.29 is 14.9 Å². The summed E-state index contributed by atoms with van der Waals surface area (Å²) < 4.78 is 5.90. The van der Waals surface area contributed by atoms with Gasteiger partial charge in [-0.2, -0.15) is 0 Å². The molecule has 3 atom stereocenters. The number of nitrogens with zero attached hydrogens (tertiary/aromatic N) is 1. The fourth-order valence-electron chi connectivity index (χ4n) is 3.12. The number of aliphatic hydroxyl groups is 2. The molecule has 2 aliphatic rings. The number of ether oxygens (including phenoxy) is 1. The molecule has 0 spiro atoms. The lowest BCUT2D eigenvalue weighted by molar-refractivity contribution is -0.103. The second kappa shape index (κ2) is 5.90. The molecule has 110 valence electrons. The Kier molecular flexibility index (Phi) is 4.17. The quantitative estimate of drug-likeness (QED) is 0.891. The van der Waals surface area contributed by atoms with Gasteiger partial charge in [0, 0.05) is 24.2 Å². The minimum atomic E-state index is -0.518. The fourth-order valence-corrected chi connectivity index (χ4v) is 3.30. The average Bonchev–Trinajstić information content (AvgIpc) is 2.38. The third kappa shape index (κ3) is 2.93. The van der Waals surface area contributed by atoms with Crippen LogP contribution in [0.4, 0.5) is 0 Å². The van der Waals surface area contributed by atoms with E-state index >= 15 is 0 Å². The van der Waals surface area contributed by atoms with E-state index in [4.69, 9.17) is 16.3 Å². The molecule has 0 aromatic heterocycles. The first-order valence-electron chi connectivity index (χ1n) is 7.16. The molecule has 1 saturated carbocycles. The molecule has 2 fully saturated rings. The van der Waals surface area contributed by atoms with Crippen LogP contribution in [0.15, 0.2) is 24.3 Å². The summed E-state index contributed by atoms with van der Waals surface area (Å²) in [5, 5.41) is 20.5. The third-order valence-corrected chi connectivity index (χ3v) is 4.44. The first-order valence-corrected chi connectivity index (χ1v) is 7.53. The van der Waals surface area contributed by atoms with Crippen LogP contribution in [0, 0.1) is 0 Å². The minimum Gasteiger partial charge on any atom is -0.488 e. The number of aliphatic hydroxyl groups excluding tert-OH is 2. The van der Waals surface area contributed by atoms with Gasteiger partial charge in [-0.3, -0.25) is 4.90 Å². The maximum atomic E-state index is 10.5. The Morgan fingerprint density at radius 2 is 2.00 bits per heavy atom. The lowest BCUT2D eigenvalue weighted by atomic mass is 9.87. The fraction of sp³-hybridized carbons (Fsp3) is 0.600. The Bertz CT molecular complexity index is 464. The van der Waals surface area contributed by atoms with E-state index in [2.05, 4.69) is 4.90 Å². The average molecular weight is 298 g/mol. The number of rotatable bonds is 3. The Balaban J connectivity index is 1.64. The van der Waals surface area contributed by atoms with Crippen LogP contribution >= 0.6 is 11.6 Å². The van der Waals surface area contributed by atoms with Gasteiger partial charge in [0.25, 0.3) is 0 Å². The normalized spacial score (nSPS) is 31.9. The van der Waals surface area contributed by atoms with Crippen LogP contribution in [-0.2, 0) is 0 Å². The molecular formula is C15H20ClNO3. The van der Waals surface area contributed by atoms with E-state index in [9.17, 15) is 10.2 Å². The summed E-state index contributed by atoms with van der Waals surface area (Å²) in [6.07, 6.45) is 1.88. The van der Waals surface area contributed by atoms with Crippen molar-refractivity contribution in [1.29, 1.82) is 0 Å². The highest BCUT2D eigenvalue weighted by Gasteiger charge is 2.41. The van der Waals surface area contributed by atoms with Crippen molar-refractivity contribution in [3.63, 3.8) is 0 Å². The molecular weight excluding hydrogens is 278 g/mol. The standard InChI is InChI=1S/C15H20ClNO3/c16-10-3-1-4-12(7-10)20-14-6-2-5-13(15(14)19)17-8-11(18)9-17/h1,3-4,7,11,13-15,18-19H,2,5-6,8-9H2/t13-,14+,15+/m0/s1. The molecule has 0 amide bonds. The van der Waals surface area contributed by atoms with Crippen LogP contribution < -0.4 is 4.74 Å². The zero-order valence-corrected chi connectivity index (χ0v) is 12.0. The Morgan fingerprint density at radius 3 is 2.70 bits per heavy atom. The monoisotopic (exact) mass is 297 g/mol. The van der Waals surface area contributed by atoms with Crippen molar-refractivity contribution >= 4 is 11.6 Å². The highest BCUT2D eigenvalue weighted by Crippen LogP contribution is 2.30. The van der Waals surface area contributed by atoms with Crippen molar-refractivity contribution in [1.82, 2.24) is 4.90 Å². The highest BCUT2D eigenvalue weighted by atomic mass is 35.5. The van der Waals surface area contributed by atoms with Crippen molar-refractivity contribution in [2.24, 2.45) is 0 Å². The van der Waals surface area contributed by atoms with Gasteiger partial charge in [-0.1, -0.05) is 17.7 Å². The molecule has 20 heavy (non-hydrogen) atoms. The van der Waals surface area contributed by atoms with E-state index in [0.29, 0.717) is 23.9 Å². The van der Waals surface area contributed by atoms with Crippen molar-refractivity contribution in [3.05, 3.63) is 29.3 Å². The summed E-state index contributed by atoms with van der Waals surface area (Å²) in [6.45, 7) is 1.32. The molecule has 1 aromatic rings. The molecule has 2 N–H and O–H groups in total. The first kappa shape index (κ1) is 14.1. The van der Waals surface area contributed by atoms with Crippen LogP contribution in [0.3, 0.4) is 0 Å². The molecule has 1 aliphatic heterocycles. The Hall–Kier alpha value is -0.810. The van der Waals surface area contributed by atoms with Gasteiger partial charge in [0.2, 0.25) is 0 Å². The number of halogens is 1. The molecule has 0 radical (unpaired) electrons. The largest absolute Gasteiger partial charge is 0.488 e. The number of hydrogen-bond donors (Lipinski definition) is 2. The molecule has 3 rings (SSSR count). The van der Waals surface area contributed by atoms with Gasteiger partial charge in [-0.05, 0) is 37.5 Å². The van der Waals surface area contributed by atoms with Crippen LogP contribution in [0.2, 0.25) is 5.02 Å². The van der Waals surface area contributed by atoms with Gasteiger partial charge < -0.3 is 14.9 Å². The molecule has 4 nitrogen and oxygen atoms in total. The van der Waals surface area contributed by atoms with Crippen LogP contribution in [0.5, 0.6) is 5.75 Å². The third-order valence-electron chi connectivity index (χ3n) is 4.21. The maximum absolute atomic E-state index is 10.5. The van der Waals surface area contributed by atoms with Gasteiger partial charge >= 0.3 is 0 Å². The predicted molar refractivity (Wildman–Crippen MR) is 77.1 cm³/mol. The molecule has 1 saturated heterocycles. The molecule has 0 unspecified atom stereocenters. The second-order valence-corrected chi connectivity index (χ2v) is 6.15.